The zero-order valence-corrected chi connectivity index (χ0v) is 13.6. The minimum atomic E-state index is -3.46. The second-order valence-corrected chi connectivity index (χ2v) is 8.52. The van der Waals surface area contributed by atoms with Crippen LogP contribution in [0.3, 0.4) is 0 Å². The molecule has 112 valence electrons. The molecule has 4 nitrogen and oxygen atoms in total. The third-order valence-electron chi connectivity index (χ3n) is 3.67. The van der Waals surface area contributed by atoms with E-state index in [0.717, 1.165) is 30.6 Å². The summed E-state index contributed by atoms with van der Waals surface area (Å²) in [5, 5.41) is 0.579. The first-order valence-electron chi connectivity index (χ1n) is 6.92. The van der Waals surface area contributed by atoms with Crippen molar-refractivity contribution in [1.29, 1.82) is 0 Å². The number of sulfonamides is 1. The molecule has 0 saturated heterocycles. The Kier molecular flexibility index (Phi) is 4.99. The molecule has 20 heavy (non-hydrogen) atoms. The van der Waals surface area contributed by atoms with Crippen molar-refractivity contribution >= 4 is 27.5 Å². The summed E-state index contributed by atoms with van der Waals surface area (Å²) in [7, 11) is -3.46. The Morgan fingerprint density at radius 3 is 2.80 bits per heavy atom. The molecule has 0 bridgehead atoms. The predicted octanol–water partition coefficient (Wildman–Crippen LogP) is 2.53. The standard InChI is InChI=1S/C14H22N2O2S2/c1-3-19-12-6-5-11(8-12)16-20(17,18)13-7-4-10(2)14(15)9-13/h4,7,9,11-12,16H,3,5-6,8,15H2,1-2H3. The van der Waals surface area contributed by atoms with E-state index < -0.39 is 10.0 Å². The minimum Gasteiger partial charge on any atom is -0.398 e. The van der Waals surface area contributed by atoms with Crippen LogP contribution < -0.4 is 10.5 Å². The third kappa shape index (κ3) is 3.68. The second-order valence-electron chi connectivity index (χ2n) is 5.23. The molecule has 1 aliphatic carbocycles. The fourth-order valence-corrected chi connectivity index (χ4v) is 4.97. The van der Waals surface area contributed by atoms with Gasteiger partial charge >= 0.3 is 0 Å². The first-order chi connectivity index (χ1) is 9.42. The van der Waals surface area contributed by atoms with Crippen LogP contribution in [-0.4, -0.2) is 25.5 Å². The lowest BCUT2D eigenvalue weighted by Crippen LogP contribution is -2.33. The lowest BCUT2D eigenvalue weighted by Gasteiger charge is -2.14. The van der Waals surface area contributed by atoms with Gasteiger partial charge in [-0.15, -0.1) is 0 Å². The second kappa shape index (κ2) is 6.37. The molecule has 0 heterocycles. The molecule has 0 radical (unpaired) electrons. The van der Waals surface area contributed by atoms with Gasteiger partial charge in [-0.25, -0.2) is 13.1 Å². The number of hydrogen-bond acceptors (Lipinski definition) is 4. The molecule has 6 heteroatoms. The Morgan fingerprint density at radius 1 is 1.40 bits per heavy atom. The summed E-state index contributed by atoms with van der Waals surface area (Å²) in [6.07, 6.45) is 2.92. The maximum absolute atomic E-state index is 12.3. The Balaban J connectivity index is 2.06. The normalized spacial score (nSPS) is 23.1. The fraction of sp³-hybridized carbons (Fsp3) is 0.571. The van der Waals surface area contributed by atoms with Crippen LogP contribution in [0, 0.1) is 6.92 Å². The molecular formula is C14H22N2O2S2. The van der Waals surface area contributed by atoms with Gasteiger partial charge in [0.15, 0.2) is 0 Å². The molecule has 1 aliphatic rings. The van der Waals surface area contributed by atoms with Crippen LogP contribution in [0.25, 0.3) is 0 Å². The third-order valence-corrected chi connectivity index (χ3v) is 6.42. The highest BCUT2D eigenvalue weighted by molar-refractivity contribution is 7.99. The van der Waals surface area contributed by atoms with Crippen molar-refractivity contribution in [3.8, 4) is 0 Å². The van der Waals surface area contributed by atoms with E-state index in [4.69, 9.17) is 5.73 Å². The maximum Gasteiger partial charge on any atom is 0.240 e. The number of anilines is 1. The van der Waals surface area contributed by atoms with Crippen LogP contribution in [0.4, 0.5) is 5.69 Å². The van der Waals surface area contributed by atoms with E-state index in [9.17, 15) is 8.42 Å². The van der Waals surface area contributed by atoms with Gasteiger partial charge < -0.3 is 5.73 Å². The van der Waals surface area contributed by atoms with Crippen molar-refractivity contribution in [2.45, 2.75) is 49.3 Å². The summed E-state index contributed by atoms with van der Waals surface area (Å²) >= 11 is 1.91. The zero-order valence-electron chi connectivity index (χ0n) is 11.9. The molecule has 1 fully saturated rings. The molecule has 1 aromatic carbocycles. The first kappa shape index (κ1) is 15.7. The van der Waals surface area contributed by atoms with Crippen molar-refractivity contribution in [2.75, 3.05) is 11.5 Å². The minimum absolute atomic E-state index is 0.0478. The van der Waals surface area contributed by atoms with Gasteiger partial charge in [0.05, 0.1) is 4.90 Å². The van der Waals surface area contributed by atoms with Crippen LogP contribution in [-0.2, 0) is 10.0 Å². The van der Waals surface area contributed by atoms with Crippen LogP contribution in [0.15, 0.2) is 23.1 Å². The maximum atomic E-state index is 12.3. The number of nitrogens with one attached hydrogen (secondary N) is 1. The number of nitrogen functional groups attached to an aromatic ring is 1. The largest absolute Gasteiger partial charge is 0.398 e. The van der Waals surface area contributed by atoms with E-state index in [2.05, 4.69) is 11.6 Å². The predicted molar refractivity (Wildman–Crippen MR) is 85.5 cm³/mol. The van der Waals surface area contributed by atoms with Crippen LogP contribution in [0.1, 0.15) is 31.7 Å². The van der Waals surface area contributed by atoms with Gasteiger partial charge in [0.2, 0.25) is 10.0 Å². The molecule has 2 rings (SSSR count). The van der Waals surface area contributed by atoms with Crippen molar-refractivity contribution in [3.05, 3.63) is 23.8 Å². The van der Waals surface area contributed by atoms with E-state index in [1.165, 1.54) is 6.07 Å². The summed E-state index contributed by atoms with van der Waals surface area (Å²) in [4.78, 5) is 0.257. The van der Waals surface area contributed by atoms with Crippen molar-refractivity contribution < 1.29 is 8.42 Å². The highest BCUT2D eigenvalue weighted by atomic mass is 32.2. The molecule has 1 saturated carbocycles. The summed E-state index contributed by atoms with van der Waals surface area (Å²) in [5.74, 6) is 1.08. The smallest absolute Gasteiger partial charge is 0.240 e. The molecule has 2 atom stereocenters. The van der Waals surface area contributed by atoms with Gasteiger partial charge in [-0.05, 0) is 49.6 Å². The number of nitrogens with two attached hydrogens (primary N) is 1. The van der Waals surface area contributed by atoms with Crippen LogP contribution in [0.5, 0.6) is 0 Å². The number of hydrogen-bond donors (Lipinski definition) is 2. The number of benzene rings is 1. The topological polar surface area (TPSA) is 72.2 Å². The highest BCUT2D eigenvalue weighted by Gasteiger charge is 2.28. The molecule has 0 spiro atoms. The Labute approximate surface area is 125 Å². The van der Waals surface area contributed by atoms with Crippen LogP contribution >= 0.6 is 11.8 Å². The molecule has 1 aromatic rings. The number of aryl methyl sites for hydroxylation is 1. The van der Waals surface area contributed by atoms with Crippen molar-refractivity contribution in [1.82, 2.24) is 4.72 Å². The van der Waals surface area contributed by atoms with E-state index >= 15 is 0 Å². The zero-order chi connectivity index (χ0) is 14.8. The SMILES string of the molecule is CCSC1CCC(NS(=O)(=O)c2ccc(C)c(N)c2)C1. The van der Waals surface area contributed by atoms with Gasteiger partial charge in [0, 0.05) is 17.0 Å². The van der Waals surface area contributed by atoms with E-state index in [1.54, 1.807) is 12.1 Å². The van der Waals surface area contributed by atoms with Crippen molar-refractivity contribution in [2.24, 2.45) is 0 Å². The van der Waals surface area contributed by atoms with Gasteiger partial charge in [0.25, 0.3) is 0 Å². The lowest BCUT2D eigenvalue weighted by atomic mass is 10.2. The average molecular weight is 314 g/mol. The monoisotopic (exact) mass is 314 g/mol. The van der Waals surface area contributed by atoms with Crippen molar-refractivity contribution in [3.63, 3.8) is 0 Å². The Morgan fingerprint density at radius 2 is 2.15 bits per heavy atom. The Hall–Kier alpha value is -0.720. The Bertz CT molecular complexity index is 573. The average Bonchev–Trinajstić information content (AvgIpc) is 2.79. The van der Waals surface area contributed by atoms with E-state index in [-0.39, 0.29) is 10.9 Å². The van der Waals surface area contributed by atoms with Crippen LogP contribution in [0.2, 0.25) is 0 Å². The molecular weight excluding hydrogens is 292 g/mol. The van der Waals surface area contributed by atoms with Gasteiger partial charge in [0.1, 0.15) is 0 Å². The molecule has 2 unspecified atom stereocenters. The fourth-order valence-electron chi connectivity index (χ4n) is 2.51. The van der Waals surface area contributed by atoms with Gasteiger partial charge in [-0.1, -0.05) is 13.0 Å². The summed E-state index contributed by atoms with van der Waals surface area (Å²) in [6, 6.07) is 4.94. The quantitative estimate of drug-likeness (QED) is 0.819. The van der Waals surface area contributed by atoms with Gasteiger partial charge in [-0.3, -0.25) is 0 Å². The first-order valence-corrected chi connectivity index (χ1v) is 9.45. The van der Waals surface area contributed by atoms with Gasteiger partial charge in [-0.2, -0.15) is 11.8 Å². The molecule has 0 amide bonds. The molecule has 0 aliphatic heterocycles. The highest BCUT2D eigenvalue weighted by Crippen LogP contribution is 2.30. The molecule has 0 aromatic heterocycles. The molecule has 3 N–H and O–H groups in total. The summed E-state index contributed by atoms with van der Waals surface area (Å²) in [5.41, 5.74) is 7.20. The summed E-state index contributed by atoms with van der Waals surface area (Å²) in [6.45, 7) is 4.00. The van der Waals surface area contributed by atoms with E-state index in [1.807, 2.05) is 18.7 Å². The summed E-state index contributed by atoms with van der Waals surface area (Å²) < 4.78 is 27.5. The number of rotatable bonds is 5. The van der Waals surface area contributed by atoms with E-state index in [0.29, 0.717) is 10.9 Å². The number of thioether (sulfide) groups is 1. The lowest BCUT2D eigenvalue weighted by molar-refractivity contribution is 0.552.